The van der Waals surface area contributed by atoms with Crippen LogP contribution in [0.3, 0.4) is 0 Å². The van der Waals surface area contributed by atoms with Crippen LogP contribution >= 0.6 is 0 Å². The molecule has 1 heterocycles. The molecule has 0 bridgehead atoms. The number of rotatable bonds is 4. The predicted octanol–water partition coefficient (Wildman–Crippen LogP) is 3.53. The predicted molar refractivity (Wildman–Crippen MR) is 80.2 cm³/mol. The van der Waals surface area contributed by atoms with Crippen LogP contribution < -0.4 is 5.32 Å². The van der Waals surface area contributed by atoms with E-state index in [0.29, 0.717) is 6.54 Å². The molecule has 0 aliphatic rings. The van der Waals surface area contributed by atoms with Crippen molar-refractivity contribution < 1.29 is 9.21 Å². The van der Waals surface area contributed by atoms with Crippen molar-refractivity contribution in [2.75, 3.05) is 0 Å². The zero-order chi connectivity index (χ0) is 14.5. The fourth-order valence-corrected chi connectivity index (χ4v) is 2.05. The van der Waals surface area contributed by atoms with Crippen molar-refractivity contribution in [3.8, 4) is 0 Å². The minimum absolute atomic E-state index is 0.107. The fraction of sp³-hybridized carbons (Fsp3) is 0.235. The second-order valence-electron chi connectivity index (χ2n) is 4.90. The summed E-state index contributed by atoms with van der Waals surface area (Å²) >= 11 is 0. The zero-order valence-corrected chi connectivity index (χ0v) is 12.1. The minimum atomic E-state index is -0.107. The molecule has 104 valence electrons. The van der Waals surface area contributed by atoms with Crippen molar-refractivity contribution in [2.45, 2.75) is 27.3 Å². The third-order valence-electron chi connectivity index (χ3n) is 3.07. The van der Waals surface area contributed by atoms with Gasteiger partial charge in [0.05, 0.1) is 0 Å². The van der Waals surface area contributed by atoms with Gasteiger partial charge in [-0.2, -0.15) is 0 Å². The Bertz CT molecular complexity index is 638. The number of hydrogen-bond acceptors (Lipinski definition) is 2. The smallest absolute Gasteiger partial charge is 0.244 e. The maximum Gasteiger partial charge on any atom is 0.244 e. The van der Waals surface area contributed by atoms with E-state index in [9.17, 15) is 4.79 Å². The van der Waals surface area contributed by atoms with Gasteiger partial charge in [0.15, 0.2) is 0 Å². The molecule has 1 N–H and O–H groups in total. The first-order valence-corrected chi connectivity index (χ1v) is 6.63. The normalized spacial score (nSPS) is 10.9. The number of carbonyl (C=O) groups is 1. The molecule has 20 heavy (non-hydrogen) atoms. The monoisotopic (exact) mass is 269 g/mol. The average Bonchev–Trinajstić information content (AvgIpc) is 2.72. The average molecular weight is 269 g/mol. The molecular formula is C17H19NO2. The lowest BCUT2D eigenvalue weighted by Crippen LogP contribution is -2.20. The van der Waals surface area contributed by atoms with Gasteiger partial charge in [0.2, 0.25) is 5.91 Å². The Labute approximate surface area is 119 Å². The first-order chi connectivity index (χ1) is 9.54. The molecule has 0 spiro atoms. The van der Waals surface area contributed by atoms with Gasteiger partial charge in [0, 0.05) is 18.2 Å². The highest BCUT2D eigenvalue weighted by Gasteiger charge is 2.05. The highest BCUT2D eigenvalue weighted by molar-refractivity contribution is 5.91. The van der Waals surface area contributed by atoms with Crippen LogP contribution in [-0.4, -0.2) is 5.91 Å². The van der Waals surface area contributed by atoms with E-state index in [-0.39, 0.29) is 5.91 Å². The number of aryl methyl sites for hydroxylation is 3. The summed E-state index contributed by atoms with van der Waals surface area (Å²) < 4.78 is 5.42. The number of benzene rings is 1. The standard InChI is InChI=1S/C17H19NO2/c1-12-5-4-6-15(9-12)7-8-17(19)18-11-16-10-13(2)20-14(16)3/h4-10H,11H2,1-3H3,(H,18,19)/b8-7+. The van der Waals surface area contributed by atoms with Crippen molar-refractivity contribution in [2.24, 2.45) is 0 Å². The summed E-state index contributed by atoms with van der Waals surface area (Å²) in [6.07, 6.45) is 3.37. The third kappa shape index (κ3) is 3.85. The van der Waals surface area contributed by atoms with Crippen LogP contribution in [0.4, 0.5) is 0 Å². The van der Waals surface area contributed by atoms with Gasteiger partial charge in [0.1, 0.15) is 11.5 Å². The Morgan fingerprint density at radius 2 is 2.05 bits per heavy atom. The summed E-state index contributed by atoms with van der Waals surface area (Å²) in [4.78, 5) is 11.8. The first kappa shape index (κ1) is 14.1. The highest BCUT2D eigenvalue weighted by atomic mass is 16.3. The topological polar surface area (TPSA) is 42.2 Å². The molecule has 0 saturated heterocycles. The van der Waals surface area contributed by atoms with Crippen molar-refractivity contribution in [3.63, 3.8) is 0 Å². The fourth-order valence-electron chi connectivity index (χ4n) is 2.05. The largest absolute Gasteiger partial charge is 0.466 e. The molecule has 1 aromatic heterocycles. The van der Waals surface area contributed by atoms with Crippen LogP contribution in [0.15, 0.2) is 40.8 Å². The maximum atomic E-state index is 11.8. The molecule has 0 unspecified atom stereocenters. The third-order valence-corrected chi connectivity index (χ3v) is 3.07. The molecule has 0 atom stereocenters. The molecule has 2 rings (SSSR count). The van der Waals surface area contributed by atoms with Crippen LogP contribution in [0.2, 0.25) is 0 Å². The molecular weight excluding hydrogens is 250 g/mol. The van der Waals surface area contributed by atoms with Crippen LogP contribution in [0.1, 0.15) is 28.2 Å². The summed E-state index contributed by atoms with van der Waals surface area (Å²) in [6.45, 7) is 6.31. The molecule has 3 heteroatoms. The number of hydrogen-bond donors (Lipinski definition) is 1. The van der Waals surface area contributed by atoms with E-state index in [0.717, 1.165) is 22.6 Å². The molecule has 0 radical (unpaired) electrons. The number of carbonyl (C=O) groups excluding carboxylic acids is 1. The Kier molecular flexibility index (Phi) is 4.41. The van der Waals surface area contributed by atoms with Crippen LogP contribution in [0.25, 0.3) is 6.08 Å². The van der Waals surface area contributed by atoms with E-state index >= 15 is 0 Å². The Hall–Kier alpha value is -2.29. The van der Waals surface area contributed by atoms with Gasteiger partial charge in [-0.25, -0.2) is 0 Å². The van der Waals surface area contributed by atoms with Gasteiger partial charge in [-0.05, 0) is 38.5 Å². The van der Waals surface area contributed by atoms with E-state index in [1.807, 2.05) is 57.2 Å². The molecule has 1 aromatic carbocycles. The molecule has 0 aliphatic carbocycles. The van der Waals surface area contributed by atoms with Crippen LogP contribution in [0.5, 0.6) is 0 Å². The van der Waals surface area contributed by atoms with Crippen molar-refractivity contribution in [3.05, 3.63) is 64.6 Å². The SMILES string of the molecule is Cc1cccc(/C=C/C(=O)NCc2cc(C)oc2C)c1. The summed E-state index contributed by atoms with van der Waals surface area (Å²) in [6, 6.07) is 9.96. The lowest BCUT2D eigenvalue weighted by molar-refractivity contribution is -0.116. The molecule has 1 amide bonds. The Morgan fingerprint density at radius 3 is 2.70 bits per heavy atom. The second kappa shape index (κ2) is 6.24. The van der Waals surface area contributed by atoms with Crippen molar-refractivity contribution in [1.29, 1.82) is 0 Å². The van der Waals surface area contributed by atoms with E-state index in [2.05, 4.69) is 5.32 Å². The summed E-state index contributed by atoms with van der Waals surface area (Å²) in [5.74, 6) is 1.61. The van der Waals surface area contributed by atoms with E-state index in [4.69, 9.17) is 4.42 Å². The minimum Gasteiger partial charge on any atom is -0.466 e. The lowest BCUT2D eigenvalue weighted by atomic mass is 10.1. The summed E-state index contributed by atoms with van der Waals surface area (Å²) in [5, 5.41) is 2.85. The van der Waals surface area contributed by atoms with Gasteiger partial charge < -0.3 is 9.73 Å². The summed E-state index contributed by atoms with van der Waals surface area (Å²) in [7, 11) is 0. The van der Waals surface area contributed by atoms with Gasteiger partial charge in [0.25, 0.3) is 0 Å². The zero-order valence-electron chi connectivity index (χ0n) is 12.1. The number of amides is 1. The Balaban J connectivity index is 1.91. The molecule has 2 aromatic rings. The van der Waals surface area contributed by atoms with Gasteiger partial charge >= 0.3 is 0 Å². The quantitative estimate of drug-likeness (QED) is 0.863. The molecule has 0 fully saturated rings. The van der Waals surface area contributed by atoms with Gasteiger partial charge in [-0.1, -0.05) is 29.8 Å². The lowest BCUT2D eigenvalue weighted by Gasteiger charge is -2.00. The highest BCUT2D eigenvalue weighted by Crippen LogP contribution is 2.13. The number of furan rings is 1. The van der Waals surface area contributed by atoms with Crippen LogP contribution in [0, 0.1) is 20.8 Å². The van der Waals surface area contributed by atoms with Crippen molar-refractivity contribution >= 4 is 12.0 Å². The van der Waals surface area contributed by atoms with Crippen molar-refractivity contribution in [1.82, 2.24) is 5.32 Å². The first-order valence-electron chi connectivity index (χ1n) is 6.63. The van der Waals surface area contributed by atoms with E-state index in [1.165, 1.54) is 5.56 Å². The maximum absolute atomic E-state index is 11.8. The van der Waals surface area contributed by atoms with Crippen LogP contribution in [-0.2, 0) is 11.3 Å². The van der Waals surface area contributed by atoms with Gasteiger partial charge in [-0.15, -0.1) is 0 Å². The molecule has 0 aliphatic heterocycles. The number of nitrogens with one attached hydrogen (secondary N) is 1. The van der Waals surface area contributed by atoms with E-state index in [1.54, 1.807) is 6.08 Å². The summed E-state index contributed by atoms with van der Waals surface area (Å²) in [5.41, 5.74) is 3.22. The molecule has 0 saturated carbocycles. The van der Waals surface area contributed by atoms with Gasteiger partial charge in [-0.3, -0.25) is 4.79 Å². The second-order valence-corrected chi connectivity index (χ2v) is 4.90. The molecule has 3 nitrogen and oxygen atoms in total. The Morgan fingerprint density at radius 1 is 1.25 bits per heavy atom. The van der Waals surface area contributed by atoms with E-state index < -0.39 is 0 Å².